The molecule has 2 N–H and O–H groups in total. The van der Waals surface area contributed by atoms with Gasteiger partial charge in [0.2, 0.25) is 5.91 Å². The molecule has 1 aromatic heterocycles. The maximum atomic E-state index is 12.2. The summed E-state index contributed by atoms with van der Waals surface area (Å²) in [5.74, 6) is 0.840. The van der Waals surface area contributed by atoms with Gasteiger partial charge >= 0.3 is 0 Å². The summed E-state index contributed by atoms with van der Waals surface area (Å²) in [5, 5.41) is 1.79. The highest BCUT2D eigenvalue weighted by molar-refractivity contribution is 7.99. The number of nitrogens with zero attached hydrogens (tertiary/aromatic N) is 1. The summed E-state index contributed by atoms with van der Waals surface area (Å²) in [5.41, 5.74) is 7.16. The van der Waals surface area contributed by atoms with Crippen LogP contribution >= 0.6 is 11.8 Å². The van der Waals surface area contributed by atoms with Gasteiger partial charge in [-0.3, -0.25) is 20.4 Å². The number of aromatic nitrogens is 1. The van der Waals surface area contributed by atoms with Gasteiger partial charge in [-0.15, -0.1) is 0 Å². The number of hydrogen-bond acceptors (Lipinski definition) is 6. The van der Waals surface area contributed by atoms with Gasteiger partial charge in [0.05, 0.1) is 25.5 Å². The number of thioether (sulfide) groups is 1. The quantitative estimate of drug-likeness (QED) is 0.446. The van der Waals surface area contributed by atoms with E-state index < -0.39 is 5.91 Å². The fourth-order valence-electron chi connectivity index (χ4n) is 2.80. The first kappa shape index (κ1) is 21.4. The molecule has 156 valence electrons. The van der Waals surface area contributed by atoms with Crippen LogP contribution < -0.4 is 20.3 Å². The van der Waals surface area contributed by atoms with E-state index in [1.807, 2.05) is 25.1 Å². The van der Waals surface area contributed by atoms with Crippen LogP contribution in [0.4, 0.5) is 0 Å². The Morgan fingerprint density at radius 3 is 2.33 bits per heavy atom. The summed E-state index contributed by atoms with van der Waals surface area (Å²) in [6, 6.07) is 14.4. The summed E-state index contributed by atoms with van der Waals surface area (Å²) in [6.45, 7) is 2.04. The molecule has 0 fully saturated rings. The molecule has 0 spiro atoms. The van der Waals surface area contributed by atoms with E-state index in [-0.39, 0.29) is 11.7 Å². The average molecular weight is 426 g/mol. The lowest BCUT2D eigenvalue weighted by Crippen LogP contribution is -2.42. The minimum atomic E-state index is -0.400. The second-order valence-electron chi connectivity index (χ2n) is 6.38. The van der Waals surface area contributed by atoms with Crippen LogP contribution in [0.3, 0.4) is 0 Å². The zero-order valence-corrected chi connectivity index (χ0v) is 17.8. The molecule has 8 heteroatoms. The molecule has 0 saturated heterocycles. The summed E-state index contributed by atoms with van der Waals surface area (Å²) in [7, 11) is 3.18. The number of pyridine rings is 1. The van der Waals surface area contributed by atoms with Gasteiger partial charge in [-0.1, -0.05) is 18.7 Å². The molecule has 0 bridgehead atoms. The number of ether oxygens (including phenoxy) is 2. The fourth-order valence-corrected chi connectivity index (χ4v) is 3.69. The van der Waals surface area contributed by atoms with Crippen molar-refractivity contribution in [1.29, 1.82) is 0 Å². The Morgan fingerprint density at radius 2 is 1.67 bits per heavy atom. The maximum absolute atomic E-state index is 12.2. The number of benzene rings is 2. The van der Waals surface area contributed by atoms with Crippen molar-refractivity contribution in [2.45, 2.75) is 18.4 Å². The lowest BCUT2D eigenvalue weighted by atomic mass is 10.1. The molecule has 2 amide bonds. The topological polar surface area (TPSA) is 89.5 Å². The lowest BCUT2D eigenvalue weighted by molar-refractivity contribution is -0.119. The normalized spacial score (nSPS) is 10.5. The van der Waals surface area contributed by atoms with Crippen molar-refractivity contribution < 1.29 is 19.1 Å². The van der Waals surface area contributed by atoms with E-state index in [0.717, 1.165) is 33.7 Å². The Kier molecular flexibility index (Phi) is 7.13. The van der Waals surface area contributed by atoms with Crippen LogP contribution in [0.15, 0.2) is 53.6 Å². The number of carbonyl (C=O) groups excluding carboxylic acids is 2. The number of fused-ring (bicyclic) bond motifs is 1. The minimum absolute atomic E-state index is 0.130. The van der Waals surface area contributed by atoms with Crippen LogP contribution in [-0.2, 0) is 11.2 Å². The molecule has 7 nitrogen and oxygen atoms in total. The third-order valence-corrected chi connectivity index (χ3v) is 5.48. The van der Waals surface area contributed by atoms with Crippen LogP contribution in [-0.4, -0.2) is 36.8 Å². The molecule has 3 aromatic rings. The van der Waals surface area contributed by atoms with E-state index in [1.165, 1.54) is 11.8 Å². The van der Waals surface area contributed by atoms with Crippen LogP contribution in [0.5, 0.6) is 11.5 Å². The molecule has 3 rings (SSSR count). The second-order valence-corrected chi connectivity index (χ2v) is 7.35. The lowest BCUT2D eigenvalue weighted by Gasteiger charge is -2.11. The van der Waals surface area contributed by atoms with Gasteiger partial charge in [0.15, 0.2) is 0 Å². The summed E-state index contributed by atoms with van der Waals surface area (Å²) < 4.78 is 10.3. The molecule has 0 unspecified atom stereocenters. The van der Waals surface area contributed by atoms with E-state index in [4.69, 9.17) is 9.47 Å². The molecule has 2 aromatic carbocycles. The second kappa shape index (κ2) is 9.98. The van der Waals surface area contributed by atoms with E-state index in [2.05, 4.69) is 21.9 Å². The van der Waals surface area contributed by atoms with E-state index in [0.29, 0.717) is 11.3 Å². The molecule has 0 saturated carbocycles. The zero-order chi connectivity index (χ0) is 21.5. The maximum Gasteiger partial charge on any atom is 0.269 e. The highest BCUT2D eigenvalue weighted by Crippen LogP contribution is 2.27. The molecule has 1 heterocycles. The first-order chi connectivity index (χ1) is 14.5. The molecule has 0 radical (unpaired) electrons. The van der Waals surface area contributed by atoms with E-state index in [1.54, 1.807) is 38.5 Å². The number of rotatable bonds is 7. The van der Waals surface area contributed by atoms with Crippen LogP contribution in [0, 0.1) is 0 Å². The monoisotopic (exact) mass is 425 g/mol. The van der Waals surface area contributed by atoms with Crippen molar-refractivity contribution in [3.05, 3.63) is 59.7 Å². The SMILES string of the molecule is CCc1cc2cc(OC)ccc2nc1SCC(=O)NNC(=O)c1ccc(OC)cc1. The Morgan fingerprint density at radius 1 is 0.967 bits per heavy atom. The number of hydrogen-bond donors (Lipinski definition) is 2. The summed E-state index contributed by atoms with van der Waals surface area (Å²) >= 11 is 1.33. The van der Waals surface area contributed by atoms with Crippen molar-refractivity contribution in [1.82, 2.24) is 15.8 Å². The highest BCUT2D eigenvalue weighted by Gasteiger charge is 2.12. The number of amides is 2. The first-order valence-corrected chi connectivity index (χ1v) is 10.4. The van der Waals surface area contributed by atoms with E-state index >= 15 is 0 Å². The average Bonchev–Trinajstić information content (AvgIpc) is 2.80. The van der Waals surface area contributed by atoms with Crippen LogP contribution in [0.2, 0.25) is 0 Å². The van der Waals surface area contributed by atoms with Crippen LogP contribution in [0.25, 0.3) is 10.9 Å². The molecule has 0 aliphatic rings. The Labute approximate surface area is 179 Å². The van der Waals surface area contributed by atoms with E-state index in [9.17, 15) is 9.59 Å². The molecular formula is C22H23N3O4S. The van der Waals surface area contributed by atoms with Gasteiger partial charge in [0.1, 0.15) is 16.5 Å². The van der Waals surface area contributed by atoms with Gasteiger partial charge in [-0.2, -0.15) is 0 Å². The molecule has 30 heavy (non-hydrogen) atoms. The Bertz CT molecular complexity index is 1050. The van der Waals surface area contributed by atoms with Gasteiger partial charge in [-0.25, -0.2) is 4.98 Å². The van der Waals surface area contributed by atoms with Crippen molar-refractivity contribution in [3.63, 3.8) is 0 Å². The number of aryl methyl sites for hydroxylation is 1. The van der Waals surface area contributed by atoms with Gasteiger partial charge in [-0.05, 0) is 60.5 Å². The van der Waals surface area contributed by atoms with Crippen molar-refractivity contribution in [3.8, 4) is 11.5 Å². The van der Waals surface area contributed by atoms with Gasteiger partial charge in [0.25, 0.3) is 5.91 Å². The largest absolute Gasteiger partial charge is 0.497 e. The predicted octanol–water partition coefficient (Wildman–Crippen LogP) is 3.37. The molecule has 0 aliphatic heterocycles. The standard InChI is InChI=1S/C22H23N3O4S/c1-4-14-11-16-12-18(29-3)9-10-19(16)23-22(14)30-13-20(26)24-25-21(27)15-5-7-17(28-2)8-6-15/h5-12H,4,13H2,1-3H3,(H,24,26)(H,25,27). The molecule has 0 atom stereocenters. The smallest absolute Gasteiger partial charge is 0.269 e. The predicted molar refractivity (Wildman–Crippen MR) is 117 cm³/mol. The zero-order valence-electron chi connectivity index (χ0n) is 17.0. The van der Waals surface area contributed by atoms with Gasteiger partial charge < -0.3 is 9.47 Å². The highest BCUT2D eigenvalue weighted by atomic mass is 32.2. The molecular weight excluding hydrogens is 402 g/mol. The van der Waals surface area contributed by atoms with Gasteiger partial charge in [0, 0.05) is 10.9 Å². The number of methoxy groups -OCH3 is 2. The minimum Gasteiger partial charge on any atom is -0.497 e. The Hall–Kier alpha value is -3.26. The van der Waals surface area contributed by atoms with Crippen molar-refractivity contribution >= 4 is 34.5 Å². The fraction of sp³-hybridized carbons (Fsp3) is 0.227. The van der Waals surface area contributed by atoms with Crippen LogP contribution in [0.1, 0.15) is 22.8 Å². The third kappa shape index (κ3) is 5.21. The third-order valence-electron chi connectivity index (χ3n) is 4.45. The number of carbonyl (C=O) groups is 2. The summed E-state index contributed by atoms with van der Waals surface area (Å²) in [6.07, 6.45) is 0.790. The van der Waals surface area contributed by atoms with Crippen molar-refractivity contribution in [2.75, 3.05) is 20.0 Å². The Balaban J connectivity index is 1.59. The summed E-state index contributed by atoms with van der Waals surface area (Å²) in [4.78, 5) is 29.0. The molecule has 0 aliphatic carbocycles. The first-order valence-electron chi connectivity index (χ1n) is 9.37. The number of nitrogens with one attached hydrogen (secondary N) is 2. The van der Waals surface area contributed by atoms with Crippen molar-refractivity contribution in [2.24, 2.45) is 0 Å². The number of hydrazine groups is 1.